The average molecular weight is 309 g/mol. The molecule has 1 aromatic carbocycles. The Hall–Kier alpha value is -2.08. The summed E-state index contributed by atoms with van der Waals surface area (Å²) in [4.78, 5) is 12.5. The molecule has 21 heavy (non-hydrogen) atoms. The van der Waals surface area contributed by atoms with Crippen LogP contribution in [0.4, 0.5) is 5.95 Å². The lowest BCUT2D eigenvalue weighted by Crippen LogP contribution is -2.07. The molecule has 0 amide bonds. The van der Waals surface area contributed by atoms with Gasteiger partial charge in [0, 0.05) is 11.6 Å². The van der Waals surface area contributed by atoms with E-state index in [0.29, 0.717) is 29.9 Å². The van der Waals surface area contributed by atoms with Gasteiger partial charge in [-0.1, -0.05) is 11.6 Å². The van der Waals surface area contributed by atoms with Crippen molar-refractivity contribution in [2.75, 3.05) is 18.5 Å². The monoisotopic (exact) mass is 308 g/mol. The van der Waals surface area contributed by atoms with Gasteiger partial charge in [0.2, 0.25) is 5.95 Å². The molecule has 0 aliphatic rings. The first-order valence-corrected chi connectivity index (χ1v) is 7.07. The van der Waals surface area contributed by atoms with Crippen LogP contribution in [0.25, 0.3) is 0 Å². The van der Waals surface area contributed by atoms with Crippen molar-refractivity contribution in [3.05, 3.63) is 28.8 Å². The number of aryl methyl sites for hydroxylation is 1. The van der Waals surface area contributed by atoms with Crippen molar-refractivity contribution >= 4 is 17.5 Å². The third kappa shape index (κ3) is 4.19. The molecular formula is C14H17ClN4O2. The largest absolute Gasteiger partial charge is 0.464 e. The molecule has 2 rings (SSSR count). The van der Waals surface area contributed by atoms with E-state index >= 15 is 0 Å². The van der Waals surface area contributed by atoms with Gasteiger partial charge in [-0.15, -0.1) is 4.98 Å². The molecule has 1 N–H and O–H groups in total. The molecule has 0 aliphatic heterocycles. The molecule has 0 saturated heterocycles. The molecule has 0 unspecified atom stereocenters. The fourth-order valence-electron chi connectivity index (χ4n) is 1.64. The van der Waals surface area contributed by atoms with Gasteiger partial charge in [0.1, 0.15) is 5.75 Å². The zero-order valence-electron chi connectivity index (χ0n) is 12.2. The minimum atomic E-state index is 0.176. The van der Waals surface area contributed by atoms with Crippen LogP contribution in [0.2, 0.25) is 5.02 Å². The van der Waals surface area contributed by atoms with Crippen LogP contribution in [0.15, 0.2) is 18.2 Å². The predicted octanol–water partition coefficient (Wildman–Crippen LogP) is 3.46. The smallest absolute Gasteiger partial charge is 0.330 e. The molecule has 1 heterocycles. The molecular weight excluding hydrogens is 292 g/mol. The van der Waals surface area contributed by atoms with E-state index in [1.54, 1.807) is 12.1 Å². The highest BCUT2D eigenvalue weighted by molar-refractivity contribution is 6.30. The number of nitrogens with one attached hydrogen (secondary N) is 1. The third-order valence-corrected chi connectivity index (χ3v) is 2.78. The standard InChI is InChI=1S/C14H17ClN4O2/c1-4-16-12-17-13(20-5-2)19-14(18-12)21-11-7-6-10(15)8-9(11)3/h6-8H,4-5H2,1-3H3,(H,16,17,18,19). The van der Waals surface area contributed by atoms with Gasteiger partial charge in [0.05, 0.1) is 6.61 Å². The Labute approximate surface area is 128 Å². The van der Waals surface area contributed by atoms with Crippen molar-refractivity contribution in [1.29, 1.82) is 0 Å². The number of rotatable bonds is 6. The Morgan fingerprint density at radius 2 is 1.90 bits per heavy atom. The fraction of sp³-hybridized carbons (Fsp3) is 0.357. The quantitative estimate of drug-likeness (QED) is 0.881. The maximum absolute atomic E-state index is 5.93. The average Bonchev–Trinajstić information content (AvgIpc) is 2.42. The first kappa shape index (κ1) is 15.3. The van der Waals surface area contributed by atoms with Crippen molar-refractivity contribution in [2.24, 2.45) is 0 Å². The van der Waals surface area contributed by atoms with Crippen LogP contribution in [0.1, 0.15) is 19.4 Å². The van der Waals surface area contributed by atoms with Crippen LogP contribution >= 0.6 is 11.6 Å². The Morgan fingerprint density at radius 1 is 1.14 bits per heavy atom. The maximum Gasteiger partial charge on any atom is 0.330 e. The van der Waals surface area contributed by atoms with E-state index in [1.165, 1.54) is 0 Å². The van der Waals surface area contributed by atoms with Gasteiger partial charge in [0.15, 0.2) is 0 Å². The molecule has 112 valence electrons. The maximum atomic E-state index is 5.93. The topological polar surface area (TPSA) is 69.2 Å². The van der Waals surface area contributed by atoms with Crippen LogP contribution in [-0.2, 0) is 0 Å². The van der Waals surface area contributed by atoms with E-state index in [1.807, 2.05) is 26.8 Å². The fourth-order valence-corrected chi connectivity index (χ4v) is 1.87. The summed E-state index contributed by atoms with van der Waals surface area (Å²) in [7, 11) is 0. The summed E-state index contributed by atoms with van der Waals surface area (Å²) in [5, 5.41) is 3.66. The zero-order valence-corrected chi connectivity index (χ0v) is 12.9. The minimum absolute atomic E-state index is 0.176. The zero-order chi connectivity index (χ0) is 15.2. The number of anilines is 1. The summed E-state index contributed by atoms with van der Waals surface area (Å²) in [5.41, 5.74) is 0.894. The summed E-state index contributed by atoms with van der Waals surface area (Å²) < 4.78 is 11.0. The van der Waals surface area contributed by atoms with Crippen molar-refractivity contribution in [3.8, 4) is 17.8 Å². The van der Waals surface area contributed by atoms with E-state index < -0.39 is 0 Å². The van der Waals surface area contributed by atoms with E-state index in [4.69, 9.17) is 21.1 Å². The lowest BCUT2D eigenvalue weighted by atomic mass is 10.2. The molecule has 0 bridgehead atoms. The number of hydrogen-bond acceptors (Lipinski definition) is 6. The van der Waals surface area contributed by atoms with Crippen molar-refractivity contribution in [1.82, 2.24) is 15.0 Å². The molecule has 1 aromatic heterocycles. The highest BCUT2D eigenvalue weighted by Crippen LogP contribution is 2.26. The van der Waals surface area contributed by atoms with Crippen LogP contribution in [0.5, 0.6) is 17.8 Å². The second-order valence-corrected chi connectivity index (χ2v) is 4.64. The van der Waals surface area contributed by atoms with Crippen LogP contribution in [0.3, 0.4) is 0 Å². The van der Waals surface area contributed by atoms with Crippen LogP contribution < -0.4 is 14.8 Å². The minimum Gasteiger partial charge on any atom is -0.464 e. The van der Waals surface area contributed by atoms with Crippen LogP contribution in [-0.4, -0.2) is 28.1 Å². The lowest BCUT2D eigenvalue weighted by Gasteiger charge is -2.10. The second kappa shape index (κ2) is 7.08. The second-order valence-electron chi connectivity index (χ2n) is 4.20. The van der Waals surface area contributed by atoms with Gasteiger partial charge < -0.3 is 14.8 Å². The summed E-state index contributed by atoms with van der Waals surface area (Å²) in [6, 6.07) is 5.74. The molecule has 6 nitrogen and oxygen atoms in total. The van der Waals surface area contributed by atoms with E-state index in [9.17, 15) is 0 Å². The summed E-state index contributed by atoms with van der Waals surface area (Å²) >= 11 is 5.93. The number of aromatic nitrogens is 3. The van der Waals surface area contributed by atoms with Crippen LogP contribution in [0, 0.1) is 6.92 Å². The molecule has 0 radical (unpaired) electrons. The van der Waals surface area contributed by atoms with Crippen molar-refractivity contribution < 1.29 is 9.47 Å². The molecule has 7 heteroatoms. The molecule has 0 fully saturated rings. The SMILES string of the molecule is CCNc1nc(OCC)nc(Oc2ccc(Cl)cc2C)n1. The summed E-state index contributed by atoms with van der Waals surface area (Å²) in [5.74, 6) is 1.05. The van der Waals surface area contributed by atoms with Crippen molar-refractivity contribution in [2.45, 2.75) is 20.8 Å². The number of halogens is 1. The molecule has 0 spiro atoms. The third-order valence-electron chi connectivity index (χ3n) is 2.54. The van der Waals surface area contributed by atoms with E-state index in [0.717, 1.165) is 5.56 Å². The van der Waals surface area contributed by atoms with E-state index in [2.05, 4.69) is 20.3 Å². The van der Waals surface area contributed by atoms with Gasteiger partial charge in [0.25, 0.3) is 0 Å². The summed E-state index contributed by atoms with van der Waals surface area (Å²) in [6.07, 6.45) is 0. The predicted molar refractivity (Wildman–Crippen MR) is 81.4 cm³/mol. The van der Waals surface area contributed by atoms with Gasteiger partial charge in [-0.05, 0) is 44.5 Å². The Morgan fingerprint density at radius 3 is 2.57 bits per heavy atom. The van der Waals surface area contributed by atoms with E-state index in [-0.39, 0.29) is 12.0 Å². The molecule has 0 aliphatic carbocycles. The molecule has 0 atom stereocenters. The summed E-state index contributed by atoms with van der Waals surface area (Å²) in [6.45, 7) is 6.87. The molecule has 2 aromatic rings. The number of ether oxygens (including phenoxy) is 2. The highest BCUT2D eigenvalue weighted by Gasteiger charge is 2.10. The number of nitrogens with zero attached hydrogens (tertiary/aromatic N) is 3. The highest BCUT2D eigenvalue weighted by atomic mass is 35.5. The lowest BCUT2D eigenvalue weighted by molar-refractivity contribution is 0.303. The number of hydrogen-bond donors (Lipinski definition) is 1. The van der Waals surface area contributed by atoms with Gasteiger partial charge >= 0.3 is 12.0 Å². The van der Waals surface area contributed by atoms with Gasteiger partial charge in [-0.25, -0.2) is 0 Å². The Balaban J connectivity index is 2.29. The normalized spacial score (nSPS) is 10.3. The Kier molecular flexibility index (Phi) is 5.16. The molecule has 0 saturated carbocycles. The van der Waals surface area contributed by atoms with Gasteiger partial charge in [-0.2, -0.15) is 9.97 Å². The first-order chi connectivity index (χ1) is 10.1. The Bertz CT molecular complexity index is 598. The van der Waals surface area contributed by atoms with Crippen molar-refractivity contribution in [3.63, 3.8) is 0 Å². The van der Waals surface area contributed by atoms with Gasteiger partial charge in [-0.3, -0.25) is 0 Å². The number of benzene rings is 1. The first-order valence-electron chi connectivity index (χ1n) is 6.69.